The molecule has 2 aromatic carbocycles. The molecule has 0 saturated carbocycles. The van der Waals surface area contributed by atoms with Crippen molar-refractivity contribution >= 4 is 28.9 Å². The van der Waals surface area contributed by atoms with Crippen molar-refractivity contribution in [3.8, 4) is 0 Å². The molecule has 2 N–H and O–H groups in total. The van der Waals surface area contributed by atoms with E-state index >= 15 is 0 Å². The SMILES string of the molecule is Cc1cc(NC(=O)c2ccccc2)c(Cl)cc1N=N. The van der Waals surface area contributed by atoms with Gasteiger partial charge in [-0.3, -0.25) is 4.79 Å². The molecular formula is C14H12ClN3O. The van der Waals surface area contributed by atoms with E-state index in [9.17, 15) is 4.79 Å². The molecule has 0 radical (unpaired) electrons. The predicted molar refractivity (Wildman–Crippen MR) is 75.4 cm³/mol. The lowest BCUT2D eigenvalue weighted by Crippen LogP contribution is -2.12. The molecule has 96 valence electrons. The van der Waals surface area contributed by atoms with E-state index in [1.165, 1.54) is 0 Å². The molecule has 0 fully saturated rings. The highest BCUT2D eigenvalue weighted by molar-refractivity contribution is 6.34. The second-order valence-electron chi connectivity index (χ2n) is 4.05. The zero-order valence-corrected chi connectivity index (χ0v) is 11.0. The molecule has 0 spiro atoms. The Morgan fingerprint density at radius 1 is 1.26 bits per heavy atom. The number of hydrogen-bond acceptors (Lipinski definition) is 3. The average Bonchev–Trinajstić information content (AvgIpc) is 2.43. The van der Waals surface area contributed by atoms with Crippen molar-refractivity contribution in [1.82, 2.24) is 0 Å². The van der Waals surface area contributed by atoms with Crippen LogP contribution < -0.4 is 5.32 Å². The minimum absolute atomic E-state index is 0.225. The zero-order chi connectivity index (χ0) is 13.8. The van der Waals surface area contributed by atoms with E-state index in [-0.39, 0.29) is 5.91 Å². The minimum Gasteiger partial charge on any atom is -0.321 e. The van der Waals surface area contributed by atoms with E-state index in [4.69, 9.17) is 17.1 Å². The number of anilines is 1. The van der Waals surface area contributed by atoms with Crippen LogP contribution in [-0.2, 0) is 0 Å². The Morgan fingerprint density at radius 2 is 1.95 bits per heavy atom. The summed E-state index contributed by atoms with van der Waals surface area (Å²) in [5.74, 6) is -0.225. The van der Waals surface area contributed by atoms with Gasteiger partial charge in [-0.25, -0.2) is 5.53 Å². The number of nitrogens with zero attached hydrogens (tertiary/aromatic N) is 1. The molecular weight excluding hydrogens is 262 g/mol. The van der Waals surface area contributed by atoms with Crippen LogP contribution in [0.1, 0.15) is 15.9 Å². The molecule has 0 unspecified atom stereocenters. The van der Waals surface area contributed by atoms with Gasteiger partial charge in [0.05, 0.1) is 16.4 Å². The van der Waals surface area contributed by atoms with Gasteiger partial charge in [0.1, 0.15) is 0 Å². The molecule has 19 heavy (non-hydrogen) atoms. The third-order valence-electron chi connectivity index (χ3n) is 2.69. The molecule has 2 aromatic rings. The summed E-state index contributed by atoms with van der Waals surface area (Å²) in [5, 5.41) is 6.47. The monoisotopic (exact) mass is 273 g/mol. The third-order valence-corrected chi connectivity index (χ3v) is 3.00. The van der Waals surface area contributed by atoms with E-state index in [1.54, 1.807) is 36.4 Å². The number of hydrogen-bond donors (Lipinski definition) is 2. The van der Waals surface area contributed by atoms with Gasteiger partial charge in [0, 0.05) is 5.56 Å². The first kappa shape index (κ1) is 13.2. The van der Waals surface area contributed by atoms with Gasteiger partial charge in [-0.15, -0.1) is 0 Å². The van der Waals surface area contributed by atoms with Crippen molar-refractivity contribution in [2.24, 2.45) is 5.11 Å². The Balaban J connectivity index is 2.27. The fourth-order valence-electron chi connectivity index (χ4n) is 1.67. The molecule has 0 aliphatic heterocycles. The molecule has 2 rings (SSSR count). The Bertz CT molecular complexity index is 626. The van der Waals surface area contributed by atoms with Gasteiger partial charge < -0.3 is 5.32 Å². The van der Waals surface area contributed by atoms with Gasteiger partial charge >= 0.3 is 0 Å². The molecule has 0 aliphatic rings. The Labute approximate surface area is 115 Å². The highest BCUT2D eigenvalue weighted by atomic mass is 35.5. The van der Waals surface area contributed by atoms with Crippen molar-refractivity contribution in [2.75, 3.05) is 5.32 Å². The van der Waals surface area contributed by atoms with Gasteiger partial charge in [-0.1, -0.05) is 29.8 Å². The zero-order valence-electron chi connectivity index (χ0n) is 10.3. The fourth-order valence-corrected chi connectivity index (χ4v) is 1.88. The molecule has 0 heterocycles. The first-order valence-electron chi connectivity index (χ1n) is 5.66. The van der Waals surface area contributed by atoms with Gasteiger partial charge in [0.25, 0.3) is 5.91 Å². The quantitative estimate of drug-likeness (QED) is 0.791. The number of carbonyl (C=O) groups excluding carboxylic acids is 1. The van der Waals surface area contributed by atoms with Crippen LogP contribution in [0.2, 0.25) is 5.02 Å². The smallest absolute Gasteiger partial charge is 0.255 e. The van der Waals surface area contributed by atoms with Crippen LogP contribution in [-0.4, -0.2) is 5.91 Å². The first-order valence-corrected chi connectivity index (χ1v) is 6.03. The van der Waals surface area contributed by atoms with Crippen molar-refractivity contribution in [2.45, 2.75) is 6.92 Å². The van der Waals surface area contributed by atoms with Gasteiger partial charge in [-0.05, 0) is 36.8 Å². The number of carbonyl (C=O) groups is 1. The topological polar surface area (TPSA) is 65.3 Å². The van der Waals surface area contributed by atoms with Crippen LogP contribution in [0, 0.1) is 12.5 Å². The second-order valence-corrected chi connectivity index (χ2v) is 4.46. The lowest BCUT2D eigenvalue weighted by molar-refractivity contribution is 0.102. The van der Waals surface area contributed by atoms with E-state index < -0.39 is 0 Å². The van der Waals surface area contributed by atoms with Crippen molar-refractivity contribution in [3.63, 3.8) is 0 Å². The average molecular weight is 274 g/mol. The summed E-state index contributed by atoms with van der Waals surface area (Å²) in [6.45, 7) is 1.81. The summed E-state index contributed by atoms with van der Waals surface area (Å²) in [4.78, 5) is 12.0. The molecule has 0 aliphatic carbocycles. The summed E-state index contributed by atoms with van der Waals surface area (Å²) in [6, 6.07) is 12.2. The molecule has 1 amide bonds. The molecule has 0 saturated heterocycles. The van der Waals surface area contributed by atoms with Crippen LogP contribution in [0.5, 0.6) is 0 Å². The van der Waals surface area contributed by atoms with Gasteiger partial charge in [0.15, 0.2) is 0 Å². The number of amides is 1. The number of aryl methyl sites for hydroxylation is 1. The predicted octanol–water partition coefficient (Wildman–Crippen LogP) is 4.56. The molecule has 5 heteroatoms. The lowest BCUT2D eigenvalue weighted by Gasteiger charge is -2.09. The molecule has 0 bridgehead atoms. The van der Waals surface area contributed by atoms with E-state index in [2.05, 4.69) is 10.4 Å². The largest absolute Gasteiger partial charge is 0.321 e. The first-order chi connectivity index (χ1) is 9.11. The maximum absolute atomic E-state index is 12.0. The van der Waals surface area contributed by atoms with Gasteiger partial charge in [-0.2, -0.15) is 5.11 Å². The Kier molecular flexibility index (Phi) is 3.92. The summed E-state index contributed by atoms with van der Waals surface area (Å²) < 4.78 is 0. The van der Waals surface area contributed by atoms with Crippen LogP contribution in [0.4, 0.5) is 11.4 Å². The highest BCUT2D eigenvalue weighted by Gasteiger charge is 2.10. The summed E-state index contributed by atoms with van der Waals surface area (Å²) >= 11 is 6.05. The van der Waals surface area contributed by atoms with E-state index in [0.717, 1.165) is 5.56 Å². The van der Waals surface area contributed by atoms with Crippen LogP contribution in [0.15, 0.2) is 47.6 Å². The molecule has 0 atom stereocenters. The van der Waals surface area contributed by atoms with E-state index in [0.29, 0.717) is 22.0 Å². The maximum Gasteiger partial charge on any atom is 0.255 e. The second kappa shape index (κ2) is 5.63. The fraction of sp³-hybridized carbons (Fsp3) is 0.0714. The maximum atomic E-state index is 12.0. The lowest BCUT2D eigenvalue weighted by atomic mass is 10.1. The number of rotatable bonds is 3. The van der Waals surface area contributed by atoms with Crippen molar-refractivity contribution in [1.29, 1.82) is 5.53 Å². The van der Waals surface area contributed by atoms with Crippen LogP contribution >= 0.6 is 11.6 Å². The summed E-state index contributed by atoms with van der Waals surface area (Å²) in [5.41, 5.74) is 9.35. The summed E-state index contributed by atoms with van der Waals surface area (Å²) in [6.07, 6.45) is 0. The minimum atomic E-state index is -0.225. The molecule has 0 aromatic heterocycles. The summed E-state index contributed by atoms with van der Waals surface area (Å²) in [7, 11) is 0. The van der Waals surface area contributed by atoms with Crippen LogP contribution in [0.3, 0.4) is 0 Å². The number of nitrogens with one attached hydrogen (secondary N) is 2. The highest BCUT2D eigenvalue weighted by Crippen LogP contribution is 2.30. The van der Waals surface area contributed by atoms with E-state index in [1.807, 2.05) is 13.0 Å². The molecule has 4 nitrogen and oxygen atoms in total. The van der Waals surface area contributed by atoms with Crippen molar-refractivity contribution < 1.29 is 4.79 Å². The number of benzene rings is 2. The standard InChI is InChI=1S/C14H12ClN3O/c1-9-7-13(11(15)8-12(9)18-16)17-14(19)10-5-3-2-4-6-10/h2-8,16H,1H3,(H,17,19). The van der Waals surface area contributed by atoms with Crippen LogP contribution in [0.25, 0.3) is 0 Å². The normalized spacial score (nSPS) is 10.0. The van der Waals surface area contributed by atoms with Crippen molar-refractivity contribution in [3.05, 3.63) is 58.6 Å². The Morgan fingerprint density at radius 3 is 2.58 bits per heavy atom. The van der Waals surface area contributed by atoms with Gasteiger partial charge in [0.2, 0.25) is 0 Å². The Hall–Kier alpha value is -2.20. The number of halogens is 1. The third kappa shape index (κ3) is 2.98.